The summed E-state index contributed by atoms with van der Waals surface area (Å²) in [5.74, 6) is -4.64. The summed E-state index contributed by atoms with van der Waals surface area (Å²) in [4.78, 5) is 58.7. The first kappa shape index (κ1) is 24.6. The van der Waals surface area contributed by atoms with Crippen LogP contribution in [-0.4, -0.2) is 64.5 Å². The van der Waals surface area contributed by atoms with Gasteiger partial charge in [-0.2, -0.15) is 0 Å². The maximum Gasteiger partial charge on any atom is 0.325 e. The SMILES string of the molecule is CC(NC(=O)C(CCC(=O)O)NC(=O)C(Cc1ccccc1)NC(=O)CN)C(=O)O. The fourth-order valence-electron chi connectivity index (χ4n) is 2.50. The van der Waals surface area contributed by atoms with E-state index in [0.717, 1.165) is 5.56 Å². The lowest BCUT2D eigenvalue weighted by Crippen LogP contribution is -2.56. The first-order valence-corrected chi connectivity index (χ1v) is 9.22. The monoisotopic (exact) mass is 422 g/mol. The summed E-state index contributed by atoms with van der Waals surface area (Å²) in [6, 6.07) is 5.18. The summed E-state index contributed by atoms with van der Waals surface area (Å²) in [6.45, 7) is 0.883. The van der Waals surface area contributed by atoms with E-state index in [1.54, 1.807) is 30.3 Å². The number of amides is 3. The Balaban J connectivity index is 2.97. The highest BCUT2D eigenvalue weighted by atomic mass is 16.4. The van der Waals surface area contributed by atoms with Crippen molar-refractivity contribution in [2.45, 2.75) is 44.3 Å². The molecule has 11 heteroatoms. The van der Waals surface area contributed by atoms with Crippen molar-refractivity contribution in [2.75, 3.05) is 6.54 Å². The summed E-state index contributed by atoms with van der Waals surface area (Å²) in [6.07, 6.45) is -0.586. The van der Waals surface area contributed by atoms with E-state index < -0.39 is 54.2 Å². The maximum atomic E-state index is 12.8. The van der Waals surface area contributed by atoms with Crippen LogP contribution >= 0.6 is 0 Å². The Morgan fingerprint density at radius 3 is 2.07 bits per heavy atom. The van der Waals surface area contributed by atoms with Crippen LogP contribution in [0.15, 0.2) is 30.3 Å². The number of nitrogens with one attached hydrogen (secondary N) is 3. The average Bonchev–Trinajstić information content (AvgIpc) is 2.70. The summed E-state index contributed by atoms with van der Waals surface area (Å²) in [7, 11) is 0. The predicted octanol–water partition coefficient (Wildman–Crippen LogP) is -1.39. The molecule has 1 aromatic rings. The third-order valence-corrected chi connectivity index (χ3v) is 4.13. The third kappa shape index (κ3) is 8.69. The zero-order valence-corrected chi connectivity index (χ0v) is 16.5. The van der Waals surface area contributed by atoms with Gasteiger partial charge in [0.1, 0.15) is 18.1 Å². The number of carbonyl (C=O) groups excluding carboxylic acids is 3. The molecule has 1 aromatic carbocycles. The summed E-state index contributed by atoms with van der Waals surface area (Å²) in [5, 5.41) is 24.9. The molecule has 0 fully saturated rings. The molecule has 0 saturated carbocycles. The number of hydrogen-bond donors (Lipinski definition) is 6. The second kappa shape index (κ2) is 12.2. The third-order valence-electron chi connectivity index (χ3n) is 4.13. The van der Waals surface area contributed by atoms with Gasteiger partial charge in [0.15, 0.2) is 0 Å². The average molecular weight is 422 g/mol. The minimum Gasteiger partial charge on any atom is -0.481 e. The molecule has 164 valence electrons. The van der Waals surface area contributed by atoms with Gasteiger partial charge in [0.05, 0.1) is 6.54 Å². The number of aliphatic carboxylic acids is 2. The van der Waals surface area contributed by atoms with Gasteiger partial charge in [-0.1, -0.05) is 30.3 Å². The van der Waals surface area contributed by atoms with Gasteiger partial charge in [0, 0.05) is 12.8 Å². The van der Waals surface area contributed by atoms with Gasteiger partial charge in [-0.25, -0.2) is 0 Å². The van der Waals surface area contributed by atoms with Gasteiger partial charge in [0.25, 0.3) is 0 Å². The number of carboxylic acids is 2. The standard InChI is InChI=1S/C19H26N4O7/c1-11(19(29)30)21-17(27)13(7-8-16(25)26)23-18(28)14(22-15(24)10-20)9-12-5-3-2-4-6-12/h2-6,11,13-14H,7-10,20H2,1H3,(H,21,27)(H,22,24)(H,23,28)(H,25,26)(H,29,30). The van der Waals surface area contributed by atoms with Gasteiger partial charge < -0.3 is 31.9 Å². The van der Waals surface area contributed by atoms with Crippen molar-refractivity contribution in [1.82, 2.24) is 16.0 Å². The number of carbonyl (C=O) groups is 5. The fourth-order valence-corrected chi connectivity index (χ4v) is 2.50. The van der Waals surface area contributed by atoms with E-state index in [-0.39, 0.29) is 19.4 Å². The zero-order valence-electron chi connectivity index (χ0n) is 16.5. The Morgan fingerprint density at radius 2 is 1.53 bits per heavy atom. The molecular weight excluding hydrogens is 396 g/mol. The van der Waals surface area contributed by atoms with E-state index >= 15 is 0 Å². The summed E-state index contributed by atoms with van der Waals surface area (Å²) in [5.41, 5.74) is 6.04. The highest BCUT2D eigenvalue weighted by molar-refractivity contribution is 5.93. The first-order chi connectivity index (χ1) is 14.1. The highest BCUT2D eigenvalue weighted by Gasteiger charge is 2.28. The van der Waals surface area contributed by atoms with Gasteiger partial charge >= 0.3 is 11.9 Å². The van der Waals surface area contributed by atoms with Crippen molar-refractivity contribution >= 4 is 29.7 Å². The minimum absolute atomic E-state index is 0.108. The topological polar surface area (TPSA) is 188 Å². The van der Waals surface area contributed by atoms with Crippen molar-refractivity contribution in [3.05, 3.63) is 35.9 Å². The predicted molar refractivity (Wildman–Crippen MR) is 105 cm³/mol. The first-order valence-electron chi connectivity index (χ1n) is 9.22. The van der Waals surface area contributed by atoms with Gasteiger partial charge in [0.2, 0.25) is 17.7 Å². The normalized spacial score (nSPS) is 13.4. The fraction of sp³-hybridized carbons (Fsp3) is 0.421. The molecule has 0 saturated heterocycles. The lowest BCUT2D eigenvalue weighted by molar-refractivity contribution is -0.142. The Kier molecular flexibility index (Phi) is 9.97. The highest BCUT2D eigenvalue weighted by Crippen LogP contribution is 2.06. The molecular formula is C19H26N4O7. The van der Waals surface area contributed by atoms with Crippen LogP contribution in [0.2, 0.25) is 0 Å². The molecule has 1 rings (SSSR count). The van der Waals surface area contributed by atoms with E-state index in [2.05, 4.69) is 16.0 Å². The van der Waals surface area contributed by atoms with E-state index in [1.165, 1.54) is 6.92 Å². The van der Waals surface area contributed by atoms with Crippen molar-refractivity contribution in [2.24, 2.45) is 5.73 Å². The van der Waals surface area contributed by atoms with Crippen molar-refractivity contribution in [3.63, 3.8) is 0 Å². The molecule has 0 aliphatic carbocycles. The number of hydrogen-bond acceptors (Lipinski definition) is 6. The molecule has 3 atom stereocenters. The molecule has 0 aliphatic rings. The molecule has 0 bridgehead atoms. The van der Waals surface area contributed by atoms with Crippen molar-refractivity contribution < 1.29 is 34.2 Å². The second-order valence-electron chi connectivity index (χ2n) is 6.58. The Bertz CT molecular complexity index is 769. The Morgan fingerprint density at radius 1 is 0.933 bits per heavy atom. The molecule has 11 nitrogen and oxygen atoms in total. The molecule has 30 heavy (non-hydrogen) atoms. The summed E-state index contributed by atoms with van der Waals surface area (Å²) < 4.78 is 0. The maximum absolute atomic E-state index is 12.8. The van der Waals surface area contributed by atoms with Crippen LogP contribution in [0.5, 0.6) is 0 Å². The van der Waals surface area contributed by atoms with Crippen LogP contribution in [0.4, 0.5) is 0 Å². The molecule has 0 radical (unpaired) electrons. The minimum atomic E-state index is -1.30. The molecule has 0 aliphatic heterocycles. The van der Waals surface area contributed by atoms with E-state index in [1.807, 2.05) is 0 Å². The van der Waals surface area contributed by atoms with Crippen LogP contribution in [0.25, 0.3) is 0 Å². The van der Waals surface area contributed by atoms with Crippen LogP contribution in [-0.2, 0) is 30.4 Å². The molecule has 3 unspecified atom stereocenters. The molecule has 0 spiro atoms. The number of benzene rings is 1. The number of carboxylic acid groups (broad SMARTS) is 2. The Labute approximate surface area is 173 Å². The van der Waals surface area contributed by atoms with Gasteiger partial charge in [-0.15, -0.1) is 0 Å². The molecule has 7 N–H and O–H groups in total. The summed E-state index contributed by atoms with van der Waals surface area (Å²) >= 11 is 0. The Hall–Kier alpha value is -3.47. The van der Waals surface area contributed by atoms with Crippen LogP contribution in [0.3, 0.4) is 0 Å². The molecule has 0 heterocycles. The van der Waals surface area contributed by atoms with Crippen LogP contribution in [0.1, 0.15) is 25.3 Å². The van der Waals surface area contributed by atoms with E-state index in [9.17, 15) is 24.0 Å². The second-order valence-corrected chi connectivity index (χ2v) is 6.58. The van der Waals surface area contributed by atoms with Crippen LogP contribution < -0.4 is 21.7 Å². The quantitative estimate of drug-likeness (QED) is 0.237. The van der Waals surface area contributed by atoms with Gasteiger partial charge in [-0.05, 0) is 18.9 Å². The van der Waals surface area contributed by atoms with E-state index in [4.69, 9.17) is 15.9 Å². The zero-order chi connectivity index (χ0) is 22.7. The molecule has 0 aromatic heterocycles. The number of rotatable bonds is 12. The van der Waals surface area contributed by atoms with Crippen molar-refractivity contribution in [1.29, 1.82) is 0 Å². The largest absolute Gasteiger partial charge is 0.481 e. The smallest absolute Gasteiger partial charge is 0.325 e. The lowest BCUT2D eigenvalue weighted by atomic mass is 10.0. The molecule has 3 amide bonds. The lowest BCUT2D eigenvalue weighted by Gasteiger charge is -2.23. The van der Waals surface area contributed by atoms with E-state index in [0.29, 0.717) is 0 Å². The van der Waals surface area contributed by atoms with Crippen LogP contribution in [0, 0.1) is 0 Å². The van der Waals surface area contributed by atoms with Crippen molar-refractivity contribution in [3.8, 4) is 0 Å². The van der Waals surface area contributed by atoms with Gasteiger partial charge in [-0.3, -0.25) is 24.0 Å². The number of nitrogens with two attached hydrogens (primary N) is 1.